The van der Waals surface area contributed by atoms with Crippen molar-refractivity contribution in [2.75, 3.05) is 13.7 Å². The van der Waals surface area contributed by atoms with Gasteiger partial charge in [-0.2, -0.15) is 0 Å². The van der Waals surface area contributed by atoms with E-state index < -0.39 is 0 Å². The fourth-order valence-electron chi connectivity index (χ4n) is 2.79. The minimum atomic E-state index is 0.540. The lowest BCUT2D eigenvalue weighted by Crippen LogP contribution is -2.26. The molecule has 106 valence electrons. The third-order valence-electron chi connectivity index (χ3n) is 4.04. The molecule has 1 aliphatic rings. The molecule has 3 heteroatoms. The van der Waals surface area contributed by atoms with Crippen molar-refractivity contribution in [2.45, 2.75) is 57.1 Å². The Balaban J connectivity index is 1.62. The first-order chi connectivity index (χ1) is 9.38. The van der Waals surface area contributed by atoms with Gasteiger partial charge in [-0.3, -0.25) is 4.98 Å². The van der Waals surface area contributed by atoms with E-state index in [2.05, 4.69) is 29.5 Å². The highest BCUT2D eigenvalue weighted by molar-refractivity contribution is 5.09. The van der Waals surface area contributed by atoms with Crippen molar-refractivity contribution < 1.29 is 4.74 Å². The second-order valence-corrected chi connectivity index (χ2v) is 5.45. The summed E-state index contributed by atoms with van der Waals surface area (Å²) in [5.41, 5.74) is 1.38. The molecule has 0 aromatic carbocycles. The van der Waals surface area contributed by atoms with Gasteiger partial charge in [0.25, 0.3) is 0 Å². The number of hydrogen-bond acceptors (Lipinski definition) is 3. The first-order valence-corrected chi connectivity index (χ1v) is 7.56. The summed E-state index contributed by atoms with van der Waals surface area (Å²) in [6.45, 7) is 0.974. The summed E-state index contributed by atoms with van der Waals surface area (Å²) in [5, 5.41) is 3.44. The molecule has 19 heavy (non-hydrogen) atoms. The van der Waals surface area contributed by atoms with E-state index in [9.17, 15) is 0 Å². The molecule has 2 unspecified atom stereocenters. The van der Waals surface area contributed by atoms with Crippen LogP contribution < -0.4 is 5.32 Å². The van der Waals surface area contributed by atoms with Gasteiger partial charge in [-0.25, -0.2) is 0 Å². The molecule has 0 spiro atoms. The van der Waals surface area contributed by atoms with Crippen molar-refractivity contribution in [3.8, 4) is 0 Å². The maximum absolute atomic E-state index is 5.67. The summed E-state index contributed by atoms with van der Waals surface area (Å²) < 4.78 is 5.67. The first kappa shape index (κ1) is 14.5. The number of nitrogens with one attached hydrogen (secondary N) is 1. The number of hydrogen-bond donors (Lipinski definition) is 1. The zero-order valence-electron chi connectivity index (χ0n) is 12.0. The molecule has 2 atom stereocenters. The molecule has 1 saturated heterocycles. The molecule has 1 fully saturated rings. The zero-order valence-corrected chi connectivity index (χ0v) is 12.0. The van der Waals surface area contributed by atoms with Gasteiger partial charge >= 0.3 is 0 Å². The minimum absolute atomic E-state index is 0.540. The maximum atomic E-state index is 5.67. The SMILES string of the molecule is CNC(CCCC1CCCO1)CCc1ccncc1. The van der Waals surface area contributed by atoms with Crippen LogP contribution in [0.2, 0.25) is 0 Å². The highest BCUT2D eigenvalue weighted by atomic mass is 16.5. The van der Waals surface area contributed by atoms with Crippen LogP contribution in [0.3, 0.4) is 0 Å². The molecule has 0 amide bonds. The standard InChI is InChI=1S/C16H26N2O/c1-17-15(4-2-5-16-6-3-13-19-16)8-7-14-9-11-18-12-10-14/h9-12,15-17H,2-8,13H2,1H3. The molecule has 0 bridgehead atoms. The topological polar surface area (TPSA) is 34.1 Å². The van der Waals surface area contributed by atoms with Crippen LogP contribution in [0.25, 0.3) is 0 Å². The third-order valence-corrected chi connectivity index (χ3v) is 4.04. The summed E-state index contributed by atoms with van der Waals surface area (Å²) in [7, 11) is 2.07. The highest BCUT2D eigenvalue weighted by Crippen LogP contribution is 2.19. The van der Waals surface area contributed by atoms with Crippen molar-refractivity contribution in [3.63, 3.8) is 0 Å². The number of nitrogens with zero attached hydrogens (tertiary/aromatic N) is 1. The van der Waals surface area contributed by atoms with Crippen molar-refractivity contribution in [1.82, 2.24) is 10.3 Å². The van der Waals surface area contributed by atoms with Crippen LogP contribution in [0.1, 0.15) is 44.1 Å². The Kier molecular flexibility index (Phi) is 6.31. The van der Waals surface area contributed by atoms with Crippen molar-refractivity contribution >= 4 is 0 Å². The molecule has 0 radical (unpaired) electrons. The van der Waals surface area contributed by atoms with Gasteiger partial charge < -0.3 is 10.1 Å². The van der Waals surface area contributed by atoms with Gasteiger partial charge in [0.05, 0.1) is 6.10 Å². The van der Waals surface area contributed by atoms with E-state index in [1.54, 1.807) is 0 Å². The Hall–Kier alpha value is -0.930. The molecule has 1 aliphatic heterocycles. The number of aryl methyl sites for hydroxylation is 1. The molecule has 3 nitrogen and oxygen atoms in total. The summed E-state index contributed by atoms with van der Waals surface area (Å²) in [5.74, 6) is 0. The molecule has 2 rings (SSSR count). The van der Waals surface area contributed by atoms with Crippen LogP contribution in [0.5, 0.6) is 0 Å². The number of rotatable bonds is 8. The summed E-state index contributed by atoms with van der Waals surface area (Å²) >= 11 is 0. The molecule has 1 aromatic heterocycles. The fourth-order valence-corrected chi connectivity index (χ4v) is 2.79. The average molecular weight is 262 g/mol. The molecule has 0 saturated carbocycles. The molecular formula is C16H26N2O. The van der Waals surface area contributed by atoms with Crippen molar-refractivity contribution in [3.05, 3.63) is 30.1 Å². The van der Waals surface area contributed by atoms with E-state index in [1.807, 2.05) is 12.4 Å². The number of ether oxygens (including phenoxy) is 1. The van der Waals surface area contributed by atoms with Gasteiger partial charge in [-0.1, -0.05) is 0 Å². The number of aromatic nitrogens is 1. The Morgan fingerprint density at radius 2 is 2.21 bits per heavy atom. The van der Waals surface area contributed by atoms with Gasteiger partial charge in [0.1, 0.15) is 0 Å². The smallest absolute Gasteiger partial charge is 0.0576 e. The lowest BCUT2D eigenvalue weighted by Gasteiger charge is -2.17. The lowest BCUT2D eigenvalue weighted by molar-refractivity contribution is 0.101. The second-order valence-electron chi connectivity index (χ2n) is 5.45. The Labute approximate surface area is 116 Å². The second kappa shape index (κ2) is 8.28. The Bertz CT molecular complexity index is 336. The van der Waals surface area contributed by atoms with Crippen LogP contribution in [-0.2, 0) is 11.2 Å². The van der Waals surface area contributed by atoms with E-state index in [0.29, 0.717) is 12.1 Å². The predicted molar refractivity (Wildman–Crippen MR) is 78.2 cm³/mol. The highest BCUT2D eigenvalue weighted by Gasteiger charge is 2.15. The van der Waals surface area contributed by atoms with Gasteiger partial charge in [0.15, 0.2) is 0 Å². The van der Waals surface area contributed by atoms with Crippen LogP contribution in [-0.4, -0.2) is 30.8 Å². The first-order valence-electron chi connectivity index (χ1n) is 7.56. The van der Waals surface area contributed by atoms with Gasteiger partial charge in [0, 0.05) is 25.0 Å². The van der Waals surface area contributed by atoms with Crippen LogP contribution in [0.4, 0.5) is 0 Å². The van der Waals surface area contributed by atoms with Crippen LogP contribution in [0.15, 0.2) is 24.5 Å². The van der Waals surface area contributed by atoms with Crippen LogP contribution >= 0.6 is 0 Å². The largest absolute Gasteiger partial charge is 0.378 e. The molecular weight excluding hydrogens is 236 g/mol. The Morgan fingerprint density at radius 3 is 2.89 bits per heavy atom. The fraction of sp³-hybridized carbons (Fsp3) is 0.688. The van der Waals surface area contributed by atoms with E-state index in [-0.39, 0.29) is 0 Å². The number of pyridine rings is 1. The zero-order chi connectivity index (χ0) is 13.3. The summed E-state index contributed by atoms with van der Waals surface area (Å²) in [6, 6.07) is 4.84. The molecule has 0 aliphatic carbocycles. The normalized spacial score (nSPS) is 20.6. The predicted octanol–water partition coefficient (Wildman–Crippen LogP) is 2.95. The van der Waals surface area contributed by atoms with Gasteiger partial charge in [-0.15, -0.1) is 0 Å². The lowest BCUT2D eigenvalue weighted by atomic mass is 10.00. The monoisotopic (exact) mass is 262 g/mol. The molecule has 1 N–H and O–H groups in total. The third kappa shape index (κ3) is 5.29. The molecule has 1 aromatic rings. The summed E-state index contributed by atoms with van der Waals surface area (Å²) in [4.78, 5) is 4.06. The van der Waals surface area contributed by atoms with Gasteiger partial charge in [0.2, 0.25) is 0 Å². The van der Waals surface area contributed by atoms with E-state index >= 15 is 0 Å². The van der Waals surface area contributed by atoms with E-state index in [0.717, 1.165) is 13.0 Å². The quantitative estimate of drug-likeness (QED) is 0.782. The van der Waals surface area contributed by atoms with Crippen molar-refractivity contribution in [1.29, 1.82) is 0 Å². The van der Waals surface area contributed by atoms with E-state index in [4.69, 9.17) is 4.74 Å². The van der Waals surface area contributed by atoms with E-state index in [1.165, 1.54) is 44.1 Å². The maximum Gasteiger partial charge on any atom is 0.0576 e. The summed E-state index contributed by atoms with van der Waals surface area (Å²) in [6.07, 6.45) is 12.9. The minimum Gasteiger partial charge on any atom is -0.378 e. The van der Waals surface area contributed by atoms with Crippen molar-refractivity contribution in [2.24, 2.45) is 0 Å². The van der Waals surface area contributed by atoms with Gasteiger partial charge in [-0.05, 0) is 69.7 Å². The van der Waals surface area contributed by atoms with Crippen LogP contribution in [0, 0.1) is 0 Å². The molecule has 2 heterocycles. The Morgan fingerprint density at radius 1 is 1.37 bits per heavy atom. The average Bonchev–Trinajstić information content (AvgIpc) is 2.97.